The molecule has 1 unspecified atom stereocenters. The molecule has 1 saturated carbocycles. The van der Waals surface area contributed by atoms with Gasteiger partial charge >= 0.3 is 0 Å². The molecule has 0 saturated heterocycles. The molecule has 0 bridgehead atoms. The van der Waals surface area contributed by atoms with Crippen molar-refractivity contribution in [3.05, 3.63) is 12.2 Å². The molecular formula is C17H32N4. The summed E-state index contributed by atoms with van der Waals surface area (Å²) in [5.41, 5.74) is 0. The Morgan fingerprint density at radius 3 is 2.71 bits per heavy atom. The zero-order valence-corrected chi connectivity index (χ0v) is 14.0. The zero-order valence-electron chi connectivity index (χ0n) is 14.0. The predicted octanol–water partition coefficient (Wildman–Crippen LogP) is 3.43. The number of likely N-dealkylation sites (N-methyl/N-ethyl adjacent to an activating group) is 1. The van der Waals surface area contributed by atoms with Crippen molar-refractivity contribution in [3.8, 4) is 0 Å². The monoisotopic (exact) mass is 292 g/mol. The lowest BCUT2D eigenvalue weighted by atomic mass is 9.84. The summed E-state index contributed by atoms with van der Waals surface area (Å²) < 4.78 is 2.09. The summed E-state index contributed by atoms with van der Waals surface area (Å²) in [6.07, 6.45) is 11.1. The minimum Gasteiger partial charge on any atom is -0.314 e. The number of nitrogens with one attached hydrogen (secondary N) is 1. The van der Waals surface area contributed by atoms with E-state index in [4.69, 9.17) is 0 Å². The van der Waals surface area contributed by atoms with Gasteiger partial charge < -0.3 is 5.32 Å². The molecule has 1 aliphatic carbocycles. The summed E-state index contributed by atoms with van der Waals surface area (Å²) in [5, 5.41) is 8.06. The van der Waals surface area contributed by atoms with Crippen LogP contribution >= 0.6 is 0 Å². The second kappa shape index (κ2) is 8.52. The molecular weight excluding hydrogens is 260 g/mol. The molecule has 0 amide bonds. The molecule has 0 aliphatic heterocycles. The first kappa shape index (κ1) is 16.5. The van der Waals surface area contributed by atoms with Crippen molar-refractivity contribution in [2.24, 2.45) is 11.8 Å². The van der Waals surface area contributed by atoms with E-state index < -0.39 is 0 Å². The van der Waals surface area contributed by atoms with Crippen LogP contribution in [0.4, 0.5) is 0 Å². The summed E-state index contributed by atoms with van der Waals surface area (Å²) >= 11 is 0. The van der Waals surface area contributed by atoms with Gasteiger partial charge in [-0.3, -0.25) is 0 Å². The van der Waals surface area contributed by atoms with Crippen LogP contribution in [-0.2, 0) is 13.0 Å². The van der Waals surface area contributed by atoms with Crippen LogP contribution in [0.15, 0.2) is 6.33 Å². The minimum absolute atomic E-state index is 0.549. The maximum Gasteiger partial charge on any atom is 0.138 e. The van der Waals surface area contributed by atoms with Crippen LogP contribution in [0.2, 0.25) is 0 Å². The van der Waals surface area contributed by atoms with Crippen molar-refractivity contribution < 1.29 is 0 Å². The smallest absolute Gasteiger partial charge is 0.138 e. The van der Waals surface area contributed by atoms with Gasteiger partial charge in [0, 0.05) is 19.0 Å². The predicted molar refractivity (Wildman–Crippen MR) is 87.2 cm³/mol. The van der Waals surface area contributed by atoms with E-state index in [0.717, 1.165) is 31.3 Å². The van der Waals surface area contributed by atoms with Crippen LogP contribution in [0.25, 0.3) is 0 Å². The van der Waals surface area contributed by atoms with E-state index in [-0.39, 0.29) is 0 Å². The highest BCUT2D eigenvalue weighted by Gasteiger charge is 2.20. The molecule has 1 fully saturated rings. The highest BCUT2D eigenvalue weighted by Crippen LogP contribution is 2.28. The summed E-state index contributed by atoms with van der Waals surface area (Å²) in [6, 6.07) is 0.549. The fourth-order valence-corrected chi connectivity index (χ4v) is 3.52. The Kier molecular flexibility index (Phi) is 6.68. The third-order valence-corrected chi connectivity index (χ3v) is 4.50. The number of nitrogens with zero attached hydrogens (tertiary/aromatic N) is 3. The Morgan fingerprint density at radius 1 is 1.29 bits per heavy atom. The van der Waals surface area contributed by atoms with E-state index in [0.29, 0.717) is 12.0 Å². The van der Waals surface area contributed by atoms with E-state index in [2.05, 4.69) is 40.9 Å². The fraction of sp³-hybridized carbons (Fsp3) is 0.882. The molecule has 1 aromatic rings. The molecule has 1 atom stereocenters. The van der Waals surface area contributed by atoms with E-state index in [9.17, 15) is 0 Å². The van der Waals surface area contributed by atoms with Gasteiger partial charge in [-0.15, -0.1) is 0 Å². The van der Waals surface area contributed by atoms with Gasteiger partial charge in [-0.25, -0.2) is 9.67 Å². The van der Waals surface area contributed by atoms with Crippen molar-refractivity contribution in [1.29, 1.82) is 0 Å². The summed E-state index contributed by atoms with van der Waals surface area (Å²) in [7, 11) is 0. The molecule has 1 heterocycles. The summed E-state index contributed by atoms with van der Waals surface area (Å²) in [5.74, 6) is 2.66. The van der Waals surface area contributed by atoms with Crippen LogP contribution in [0, 0.1) is 11.8 Å². The topological polar surface area (TPSA) is 42.7 Å². The van der Waals surface area contributed by atoms with Crippen LogP contribution in [0.3, 0.4) is 0 Å². The molecule has 4 heteroatoms. The number of rotatable bonds is 8. The molecule has 2 rings (SSSR count). The largest absolute Gasteiger partial charge is 0.314 e. The van der Waals surface area contributed by atoms with Crippen LogP contribution < -0.4 is 5.32 Å². The van der Waals surface area contributed by atoms with Crippen molar-refractivity contribution in [2.45, 2.75) is 78.3 Å². The van der Waals surface area contributed by atoms with Gasteiger partial charge in [0.05, 0.1) is 0 Å². The first-order chi connectivity index (χ1) is 10.2. The van der Waals surface area contributed by atoms with Gasteiger partial charge in [0.2, 0.25) is 0 Å². The third-order valence-electron chi connectivity index (χ3n) is 4.50. The first-order valence-corrected chi connectivity index (χ1v) is 8.79. The Labute approximate surface area is 129 Å². The Bertz CT molecular complexity index is 393. The quantitative estimate of drug-likeness (QED) is 0.798. The van der Waals surface area contributed by atoms with Gasteiger partial charge in [-0.2, -0.15) is 5.10 Å². The lowest BCUT2D eigenvalue weighted by Crippen LogP contribution is -2.34. The van der Waals surface area contributed by atoms with Crippen molar-refractivity contribution in [1.82, 2.24) is 20.1 Å². The third kappa shape index (κ3) is 5.42. The standard InChI is InChI=1S/C17H32N4/c1-4-18-16(10-15-8-6-5-7-9-15)11-17-19-13-20-21(17)12-14(2)3/h13-16,18H,4-12H2,1-3H3. The van der Waals surface area contributed by atoms with Crippen molar-refractivity contribution in [3.63, 3.8) is 0 Å². The lowest BCUT2D eigenvalue weighted by molar-refractivity contribution is 0.294. The maximum absolute atomic E-state index is 4.50. The molecule has 1 aliphatic rings. The summed E-state index contributed by atoms with van der Waals surface area (Å²) in [4.78, 5) is 4.50. The molecule has 21 heavy (non-hydrogen) atoms. The SMILES string of the molecule is CCNC(Cc1ncnn1CC(C)C)CC1CCCCC1. The van der Waals surface area contributed by atoms with E-state index in [1.165, 1.54) is 38.5 Å². The molecule has 0 spiro atoms. The molecule has 120 valence electrons. The zero-order chi connectivity index (χ0) is 15.1. The molecule has 0 radical (unpaired) electrons. The normalized spacial score (nSPS) is 18.3. The van der Waals surface area contributed by atoms with Crippen molar-refractivity contribution >= 4 is 0 Å². The van der Waals surface area contributed by atoms with Crippen LogP contribution in [-0.4, -0.2) is 27.4 Å². The van der Waals surface area contributed by atoms with Gasteiger partial charge in [-0.1, -0.05) is 52.9 Å². The Balaban J connectivity index is 1.93. The highest BCUT2D eigenvalue weighted by atomic mass is 15.3. The Morgan fingerprint density at radius 2 is 2.05 bits per heavy atom. The number of hydrogen-bond acceptors (Lipinski definition) is 3. The van der Waals surface area contributed by atoms with Gasteiger partial charge in [0.1, 0.15) is 12.2 Å². The average Bonchev–Trinajstić information content (AvgIpc) is 2.86. The lowest BCUT2D eigenvalue weighted by Gasteiger charge is -2.27. The number of aromatic nitrogens is 3. The van der Waals surface area contributed by atoms with Gasteiger partial charge in [0.25, 0.3) is 0 Å². The van der Waals surface area contributed by atoms with E-state index >= 15 is 0 Å². The number of hydrogen-bond donors (Lipinski definition) is 1. The second-order valence-corrected chi connectivity index (χ2v) is 6.95. The minimum atomic E-state index is 0.549. The van der Waals surface area contributed by atoms with Gasteiger partial charge in [0.15, 0.2) is 0 Å². The molecule has 1 aromatic heterocycles. The maximum atomic E-state index is 4.50. The van der Waals surface area contributed by atoms with Crippen molar-refractivity contribution in [2.75, 3.05) is 6.54 Å². The molecule has 4 nitrogen and oxygen atoms in total. The van der Waals surface area contributed by atoms with E-state index in [1.807, 2.05) is 0 Å². The fourth-order valence-electron chi connectivity index (χ4n) is 3.52. The van der Waals surface area contributed by atoms with Gasteiger partial charge in [-0.05, 0) is 24.8 Å². The Hall–Kier alpha value is -0.900. The summed E-state index contributed by atoms with van der Waals surface area (Å²) in [6.45, 7) is 8.67. The first-order valence-electron chi connectivity index (χ1n) is 8.79. The van der Waals surface area contributed by atoms with Crippen LogP contribution in [0.1, 0.15) is 65.1 Å². The second-order valence-electron chi connectivity index (χ2n) is 6.95. The molecule has 0 aromatic carbocycles. The van der Waals surface area contributed by atoms with E-state index in [1.54, 1.807) is 6.33 Å². The highest BCUT2D eigenvalue weighted by molar-refractivity contribution is 4.91. The van der Waals surface area contributed by atoms with Crippen LogP contribution in [0.5, 0.6) is 0 Å². The molecule has 1 N–H and O–H groups in total. The average molecular weight is 292 g/mol.